The molecule has 0 rings (SSSR count). The second-order valence-corrected chi connectivity index (χ2v) is 51.1. The number of hydrogen-bond acceptors (Lipinski definition) is 1. The van der Waals surface area contributed by atoms with E-state index in [2.05, 4.69) is 83.1 Å². The quantitative estimate of drug-likeness (QED) is 0.179. The van der Waals surface area contributed by atoms with Crippen molar-refractivity contribution in [1.29, 1.82) is 0 Å². The van der Waals surface area contributed by atoms with Crippen molar-refractivity contribution >= 4 is 38.0 Å². The van der Waals surface area contributed by atoms with Gasteiger partial charge in [0.1, 0.15) is 6.87 Å². The van der Waals surface area contributed by atoms with E-state index in [1.807, 2.05) is 0 Å². The Hall–Kier alpha value is 1.04. The fourth-order valence-corrected chi connectivity index (χ4v) is 123. The minimum absolute atomic E-state index is 1.35. The second-order valence-electron chi connectivity index (χ2n) is 10.0. The van der Waals surface area contributed by atoms with Crippen LogP contribution in [0.2, 0.25) is 72.5 Å². The number of hydrogen-bond donors (Lipinski definition) is 0. The molecular weight excluding hydrogens is 445 g/mol. The topological polar surface area (TPSA) is 9.23 Å². The summed E-state index contributed by atoms with van der Waals surface area (Å²) in [6.45, 7) is 29.1. The van der Waals surface area contributed by atoms with E-state index in [1.54, 1.807) is 0 Å². The molecule has 182 valence electrons. The maximum Gasteiger partial charge on any atom is 0.178 e. The van der Waals surface area contributed by atoms with Crippen molar-refractivity contribution in [2.45, 2.75) is 156 Å². The zero-order valence-corrected chi connectivity index (χ0v) is 28.4. The molecule has 0 fully saturated rings. The van der Waals surface area contributed by atoms with E-state index in [9.17, 15) is 0 Å². The maximum atomic E-state index is 8.45. The molecule has 0 aromatic heterocycles. The first-order valence-electron chi connectivity index (χ1n) is 13.9. The van der Waals surface area contributed by atoms with E-state index >= 15 is 0 Å². The van der Waals surface area contributed by atoms with E-state index in [1.165, 1.54) is 72.5 Å². The highest BCUT2D eigenvalue weighted by atomic mass is 29.9. The van der Waals surface area contributed by atoms with Crippen molar-refractivity contribution in [1.82, 2.24) is 0 Å². The van der Waals surface area contributed by atoms with Crippen LogP contribution < -0.4 is 0 Å². The van der Waals surface area contributed by atoms with Gasteiger partial charge in [-0.2, -0.15) is 0 Å². The molecule has 0 spiro atoms. The predicted molar refractivity (Wildman–Crippen MR) is 156 cm³/mol. The minimum atomic E-state index is -1.85. The third-order valence-corrected chi connectivity index (χ3v) is 88.5. The van der Waals surface area contributed by atoms with Gasteiger partial charge in [-0.25, -0.2) is 0 Å². The lowest BCUT2D eigenvalue weighted by molar-refractivity contribution is 0.555. The summed E-state index contributed by atoms with van der Waals surface area (Å²) < 4.78 is 8.45. The van der Waals surface area contributed by atoms with Crippen LogP contribution in [0, 0.1) is 0 Å². The molecule has 0 atom stereocenters. The molecule has 30 heavy (non-hydrogen) atoms. The highest BCUT2D eigenvalue weighted by Crippen LogP contribution is 2.53. The van der Waals surface area contributed by atoms with Crippen LogP contribution >= 0.6 is 0 Å². The Morgan fingerprint density at radius 2 is 0.533 bits per heavy atom. The van der Waals surface area contributed by atoms with Gasteiger partial charge in [-0.15, -0.1) is 0 Å². The van der Waals surface area contributed by atoms with Gasteiger partial charge in [0.15, 0.2) is 8.32 Å². The fourth-order valence-electron chi connectivity index (χ4n) is 7.79. The third-order valence-electron chi connectivity index (χ3n) is 10.6. The summed E-state index contributed by atoms with van der Waals surface area (Å²) in [4.78, 5) is 0. The van der Waals surface area contributed by atoms with Crippen LogP contribution in [0.4, 0.5) is 0 Å². The molecule has 0 aliphatic carbocycles. The van der Waals surface area contributed by atoms with Crippen LogP contribution in [0.3, 0.4) is 0 Å². The molecule has 0 heterocycles. The van der Waals surface area contributed by atoms with Crippen molar-refractivity contribution in [3.63, 3.8) is 0 Å². The molecular formula is C24H60OSi5. The summed E-state index contributed by atoms with van der Waals surface area (Å²) in [6.07, 6.45) is 0. The van der Waals surface area contributed by atoms with Crippen LogP contribution in [-0.4, -0.2) is 38.0 Å². The molecule has 0 aromatic rings. The average Bonchev–Trinajstić information content (AvgIpc) is 2.81. The van der Waals surface area contributed by atoms with Crippen LogP contribution in [0.5, 0.6) is 0 Å². The normalized spacial score (nSPS) is 14.4. The molecule has 0 unspecified atom stereocenters. The van der Waals surface area contributed by atoms with Crippen LogP contribution in [0.25, 0.3) is 0 Å². The first-order chi connectivity index (χ1) is 14.2. The van der Waals surface area contributed by atoms with E-state index in [-0.39, 0.29) is 0 Å². The minimum Gasteiger partial charge on any atom is -0.461 e. The van der Waals surface area contributed by atoms with E-state index in [4.69, 9.17) is 4.12 Å². The molecule has 0 amide bonds. The lowest BCUT2D eigenvalue weighted by Gasteiger charge is -2.66. The Morgan fingerprint density at radius 3 is 0.667 bits per heavy atom. The molecule has 0 saturated heterocycles. The van der Waals surface area contributed by atoms with Crippen LogP contribution in [0.1, 0.15) is 83.1 Å². The monoisotopic (exact) mass is 504 g/mol. The Bertz CT molecular complexity index is 383. The summed E-state index contributed by atoms with van der Waals surface area (Å²) in [5.74, 6) is 0. The Labute approximate surface area is 197 Å². The standard InChI is InChI=1S/C24H60OSi5/c1-13-26(14-2,15-3)25-30(27(16-4,17-5)18-6,28(19-7,20-8)21-9)29(22-10,23-11)24-12/h13-24H2,1-12H3. The number of rotatable bonds is 17. The maximum absolute atomic E-state index is 8.45. The molecule has 1 nitrogen and oxygen atoms in total. The second kappa shape index (κ2) is 13.1. The van der Waals surface area contributed by atoms with Gasteiger partial charge in [-0.1, -0.05) is 137 Å². The Morgan fingerprint density at radius 1 is 0.333 bits per heavy atom. The Balaban J connectivity index is 7.81. The van der Waals surface area contributed by atoms with Crippen molar-refractivity contribution in [2.24, 2.45) is 0 Å². The molecule has 0 bridgehead atoms. The van der Waals surface area contributed by atoms with Gasteiger partial charge in [-0.3, -0.25) is 0 Å². The molecule has 6 heteroatoms. The van der Waals surface area contributed by atoms with Crippen LogP contribution in [0.15, 0.2) is 0 Å². The molecule has 0 aromatic carbocycles. The predicted octanol–water partition coefficient (Wildman–Crippen LogP) is 9.71. The van der Waals surface area contributed by atoms with Crippen molar-refractivity contribution in [3.8, 4) is 0 Å². The van der Waals surface area contributed by atoms with Crippen LogP contribution in [-0.2, 0) is 4.12 Å². The van der Waals surface area contributed by atoms with Crippen molar-refractivity contribution < 1.29 is 4.12 Å². The smallest absolute Gasteiger partial charge is 0.178 e. The van der Waals surface area contributed by atoms with E-state index in [0.29, 0.717) is 0 Å². The molecule has 0 aliphatic rings. The molecule has 0 aliphatic heterocycles. The summed E-state index contributed by atoms with van der Waals surface area (Å²) in [5.41, 5.74) is 0. The van der Waals surface area contributed by atoms with Crippen molar-refractivity contribution in [3.05, 3.63) is 0 Å². The first-order valence-corrected chi connectivity index (χ1v) is 29.2. The van der Waals surface area contributed by atoms with E-state index < -0.39 is 38.0 Å². The molecule has 0 radical (unpaired) electrons. The largest absolute Gasteiger partial charge is 0.461 e. The van der Waals surface area contributed by atoms with Gasteiger partial charge < -0.3 is 4.12 Å². The lowest BCUT2D eigenvalue weighted by Crippen LogP contribution is -2.91. The third kappa shape index (κ3) is 4.66. The van der Waals surface area contributed by atoms with E-state index in [0.717, 1.165) is 0 Å². The van der Waals surface area contributed by atoms with Gasteiger partial charge in [0.25, 0.3) is 0 Å². The Kier molecular flexibility index (Phi) is 13.5. The van der Waals surface area contributed by atoms with Gasteiger partial charge in [0, 0.05) is 0 Å². The first kappa shape index (κ1) is 31.0. The summed E-state index contributed by atoms with van der Waals surface area (Å²) in [5, 5.41) is 0. The average molecular weight is 505 g/mol. The zero-order chi connectivity index (χ0) is 23.7. The summed E-state index contributed by atoms with van der Waals surface area (Å²) in [6, 6.07) is 17.5. The molecule has 0 N–H and O–H groups in total. The van der Waals surface area contributed by atoms with Gasteiger partial charge in [0.05, 0.1) is 22.8 Å². The molecule has 0 saturated carbocycles. The van der Waals surface area contributed by atoms with Gasteiger partial charge in [0.2, 0.25) is 0 Å². The summed E-state index contributed by atoms with van der Waals surface area (Å²) in [7, 11) is -6.10. The van der Waals surface area contributed by atoms with Crippen molar-refractivity contribution in [2.75, 3.05) is 0 Å². The highest BCUT2D eigenvalue weighted by molar-refractivity contribution is 7.89. The highest BCUT2D eigenvalue weighted by Gasteiger charge is 2.73. The summed E-state index contributed by atoms with van der Waals surface area (Å²) >= 11 is 0. The fraction of sp³-hybridized carbons (Fsp3) is 1.00. The zero-order valence-electron chi connectivity index (χ0n) is 23.4. The van der Waals surface area contributed by atoms with Gasteiger partial charge in [-0.05, 0) is 18.1 Å². The lowest BCUT2D eigenvalue weighted by atomic mass is 10.9. The van der Waals surface area contributed by atoms with Gasteiger partial charge >= 0.3 is 0 Å². The SMILES string of the molecule is CC[Si](CC)(CC)O[Si]([Si](CC)(CC)CC)([Si](CC)(CC)CC)[Si](CC)(CC)CC.